The molecule has 4 aromatic rings. The molecule has 1 aliphatic rings. The molecule has 0 fully saturated rings. The summed E-state index contributed by atoms with van der Waals surface area (Å²) >= 11 is 0. The zero-order chi connectivity index (χ0) is 42.0. The highest BCUT2D eigenvalue weighted by Crippen LogP contribution is 2.44. The molecular weight excluding hydrogens is 751 g/mol. The van der Waals surface area contributed by atoms with E-state index in [4.69, 9.17) is 14.2 Å². The Hall–Kier alpha value is -6.53. The molecule has 0 aromatic heterocycles. The number of carbonyl (C=O) groups excluding carboxylic acids is 5. The van der Waals surface area contributed by atoms with E-state index in [1.54, 1.807) is 30.3 Å². The third-order valence-electron chi connectivity index (χ3n) is 9.96. The maximum absolute atomic E-state index is 13.7. The van der Waals surface area contributed by atoms with Gasteiger partial charge in [-0.15, -0.1) is 13.2 Å². The van der Waals surface area contributed by atoms with Crippen molar-refractivity contribution in [3.8, 4) is 11.1 Å². The standard InChI is InChI=1S/C47H51N3O9/c1-3-5-25-41(50-47(56)59-30-40-38-23-14-12-21-36(38)37-22-13-15-24-39(37)40)45(54)58-31-42(46(55)57-29-33-19-10-7-11-20-33)49-44(53)34(16-4-2)27-43(52)48-35(28-51)26-32-17-8-6-9-18-32/h3-4,6-15,17-24,34-35,40-42,51H,1-2,5,16,25-31H2,(H,48,52)(H,49,53)(H,50,56)/t34-,35+,41-,42+/m0/s1. The fourth-order valence-corrected chi connectivity index (χ4v) is 6.92. The third kappa shape index (κ3) is 12.7. The van der Waals surface area contributed by atoms with Crippen molar-refractivity contribution in [2.24, 2.45) is 5.92 Å². The lowest BCUT2D eigenvalue weighted by Crippen LogP contribution is -2.50. The zero-order valence-corrected chi connectivity index (χ0v) is 32.9. The number of esters is 2. The van der Waals surface area contributed by atoms with Crippen LogP contribution in [0.3, 0.4) is 0 Å². The van der Waals surface area contributed by atoms with Gasteiger partial charge in [0.2, 0.25) is 11.8 Å². The average Bonchev–Trinajstić information content (AvgIpc) is 3.58. The molecule has 4 atom stereocenters. The number of alkyl carbamates (subject to hydrolysis) is 1. The second-order valence-electron chi connectivity index (χ2n) is 14.2. The minimum Gasteiger partial charge on any atom is -0.461 e. The van der Waals surface area contributed by atoms with Gasteiger partial charge in [-0.3, -0.25) is 9.59 Å². The predicted octanol–water partition coefficient (Wildman–Crippen LogP) is 5.93. The molecule has 0 saturated heterocycles. The van der Waals surface area contributed by atoms with Crippen LogP contribution in [0.1, 0.15) is 53.9 Å². The van der Waals surface area contributed by atoms with Gasteiger partial charge in [0.1, 0.15) is 25.9 Å². The minimum atomic E-state index is -1.47. The van der Waals surface area contributed by atoms with Crippen molar-refractivity contribution in [3.63, 3.8) is 0 Å². The highest BCUT2D eigenvalue weighted by atomic mass is 16.6. The van der Waals surface area contributed by atoms with Crippen LogP contribution >= 0.6 is 0 Å². The Morgan fingerprint density at radius 2 is 1.27 bits per heavy atom. The third-order valence-corrected chi connectivity index (χ3v) is 9.96. The molecular formula is C47H51N3O9. The van der Waals surface area contributed by atoms with Gasteiger partial charge in [-0.2, -0.15) is 0 Å². The van der Waals surface area contributed by atoms with E-state index in [9.17, 15) is 29.1 Å². The van der Waals surface area contributed by atoms with Crippen LogP contribution in [0.2, 0.25) is 0 Å². The molecule has 59 heavy (non-hydrogen) atoms. The summed E-state index contributed by atoms with van der Waals surface area (Å²) in [5, 5.41) is 17.9. The number of rotatable bonds is 22. The first kappa shape index (κ1) is 43.6. The summed E-state index contributed by atoms with van der Waals surface area (Å²) in [5.74, 6) is -4.07. The Balaban J connectivity index is 1.22. The molecule has 1 aliphatic carbocycles. The first-order valence-corrected chi connectivity index (χ1v) is 19.7. The minimum absolute atomic E-state index is 0.0298. The lowest BCUT2D eigenvalue weighted by molar-refractivity contribution is -0.156. The van der Waals surface area contributed by atoms with E-state index in [-0.39, 0.29) is 45.0 Å². The van der Waals surface area contributed by atoms with Gasteiger partial charge in [0, 0.05) is 12.3 Å². The lowest BCUT2D eigenvalue weighted by Gasteiger charge is -2.23. The molecule has 0 radical (unpaired) electrons. The lowest BCUT2D eigenvalue weighted by atomic mass is 9.98. The van der Waals surface area contributed by atoms with Crippen molar-refractivity contribution >= 4 is 29.8 Å². The van der Waals surface area contributed by atoms with E-state index in [0.29, 0.717) is 18.4 Å². The van der Waals surface area contributed by atoms with Gasteiger partial charge in [0.15, 0.2) is 6.04 Å². The highest BCUT2D eigenvalue weighted by molar-refractivity contribution is 5.90. The van der Waals surface area contributed by atoms with Crippen molar-refractivity contribution < 1.29 is 43.3 Å². The first-order valence-electron chi connectivity index (χ1n) is 19.7. The molecule has 5 rings (SSSR count). The molecule has 0 aliphatic heterocycles. The van der Waals surface area contributed by atoms with E-state index in [2.05, 4.69) is 29.1 Å². The fraction of sp³-hybridized carbons (Fsp3) is 0.298. The highest BCUT2D eigenvalue weighted by Gasteiger charge is 2.32. The zero-order valence-electron chi connectivity index (χ0n) is 32.9. The molecule has 0 saturated carbocycles. The van der Waals surface area contributed by atoms with Gasteiger partial charge in [-0.25, -0.2) is 14.4 Å². The van der Waals surface area contributed by atoms with Crippen molar-refractivity contribution in [1.82, 2.24) is 16.0 Å². The number of allylic oxidation sites excluding steroid dienone is 2. The van der Waals surface area contributed by atoms with Crippen LogP contribution in [0, 0.1) is 5.92 Å². The SMILES string of the molecule is C=CCC[C@H](NC(=O)OCC1c2ccccc2-c2ccccc21)C(=O)OC[C@@H](NC(=O)[C@@H](CC=C)CC(=O)N[C@@H](CO)Cc1ccccc1)C(=O)OCc1ccccc1. The van der Waals surface area contributed by atoms with Crippen LogP contribution in [0.25, 0.3) is 11.1 Å². The maximum Gasteiger partial charge on any atom is 0.407 e. The van der Waals surface area contributed by atoms with Crippen LogP contribution in [0.4, 0.5) is 4.79 Å². The molecule has 308 valence electrons. The smallest absolute Gasteiger partial charge is 0.407 e. The summed E-state index contributed by atoms with van der Waals surface area (Å²) in [5.41, 5.74) is 5.81. The number of amides is 3. The van der Waals surface area contributed by atoms with Crippen LogP contribution in [0.5, 0.6) is 0 Å². The number of hydrogen-bond donors (Lipinski definition) is 4. The van der Waals surface area contributed by atoms with E-state index in [0.717, 1.165) is 27.8 Å². The van der Waals surface area contributed by atoms with E-state index in [1.165, 1.54) is 6.08 Å². The number of fused-ring (bicyclic) bond motifs is 3. The number of hydrogen-bond acceptors (Lipinski definition) is 9. The van der Waals surface area contributed by atoms with Crippen molar-refractivity contribution in [3.05, 3.63) is 157 Å². The molecule has 12 heteroatoms. The number of nitrogens with one attached hydrogen (secondary N) is 3. The molecule has 4 aromatic carbocycles. The van der Waals surface area contributed by atoms with Gasteiger partial charge >= 0.3 is 18.0 Å². The van der Waals surface area contributed by atoms with Crippen LogP contribution in [-0.2, 0) is 46.4 Å². The number of ether oxygens (including phenoxy) is 3. The van der Waals surface area contributed by atoms with Crippen LogP contribution in [0.15, 0.2) is 135 Å². The Morgan fingerprint density at radius 1 is 0.678 bits per heavy atom. The van der Waals surface area contributed by atoms with Gasteiger partial charge in [0.25, 0.3) is 0 Å². The van der Waals surface area contributed by atoms with E-state index in [1.807, 2.05) is 84.9 Å². The van der Waals surface area contributed by atoms with Crippen molar-refractivity contribution in [2.45, 2.75) is 62.8 Å². The Kier molecular flexibility index (Phi) is 16.6. The quantitative estimate of drug-likeness (QED) is 0.0428. The summed E-state index contributed by atoms with van der Waals surface area (Å²) in [6, 6.07) is 30.9. The summed E-state index contributed by atoms with van der Waals surface area (Å²) in [6.07, 6.45) is 2.89. The van der Waals surface area contributed by atoms with Crippen molar-refractivity contribution in [2.75, 3.05) is 19.8 Å². The number of aliphatic hydroxyl groups excluding tert-OH is 1. The predicted molar refractivity (Wildman–Crippen MR) is 223 cm³/mol. The summed E-state index contributed by atoms with van der Waals surface area (Å²) in [7, 11) is 0. The monoisotopic (exact) mass is 801 g/mol. The molecule has 0 spiro atoms. The Labute approximate surface area is 344 Å². The second kappa shape index (κ2) is 22.4. The number of aliphatic hydroxyl groups is 1. The number of carbonyl (C=O) groups is 5. The van der Waals surface area contributed by atoms with E-state index >= 15 is 0 Å². The van der Waals surface area contributed by atoms with Gasteiger partial charge in [-0.1, -0.05) is 121 Å². The van der Waals surface area contributed by atoms with E-state index < -0.39 is 60.5 Å². The number of benzene rings is 4. The summed E-state index contributed by atoms with van der Waals surface area (Å²) in [6.45, 7) is 6.40. The van der Waals surface area contributed by atoms with Gasteiger partial charge in [-0.05, 0) is 59.1 Å². The summed E-state index contributed by atoms with van der Waals surface area (Å²) in [4.78, 5) is 67.0. The molecule has 12 nitrogen and oxygen atoms in total. The molecule has 0 unspecified atom stereocenters. The van der Waals surface area contributed by atoms with Crippen molar-refractivity contribution in [1.29, 1.82) is 0 Å². The van der Waals surface area contributed by atoms with Gasteiger partial charge in [0.05, 0.1) is 18.6 Å². The van der Waals surface area contributed by atoms with Crippen LogP contribution in [-0.4, -0.2) is 72.9 Å². The average molecular weight is 802 g/mol. The van der Waals surface area contributed by atoms with Crippen LogP contribution < -0.4 is 16.0 Å². The topological polar surface area (TPSA) is 169 Å². The summed E-state index contributed by atoms with van der Waals surface area (Å²) < 4.78 is 16.7. The second-order valence-corrected chi connectivity index (χ2v) is 14.2. The normalized spacial score (nSPS) is 13.6. The Bertz CT molecular complexity index is 2010. The Morgan fingerprint density at radius 3 is 1.88 bits per heavy atom. The first-order chi connectivity index (χ1) is 28.7. The molecule has 4 N–H and O–H groups in total. The molecule has 0 heterocycles. The largest absolute Gasteiger partial charge is 0.461 e. The molecule has 3 amide bonds. The fourth-order valence-electron chi connectivity index (χ4n) is 6.92. The van der Waals surface area contributed by atoms with Gasteiger partial charge < -0.3 is 35.3 Å². The maximum atomic E-state index is 13.7. The molecule has 0 bridgehead atoms.